The standard InChI is InChI=1S/C74H47NO2/c1-4-20-48(21-5-1)50-39-43-68-60(44-50)72-67(35-19-37-70(72)76-68)75(55-40-42-65-71(47-55)77-69-36-17-16-34-64(69)74(65)62-32-14-11-28-56(62)57-29-12-15-33-63(57)74)54-27-18-26-53(46-54)73(52-24-8-3-9-25-52)61-31-13-10-30-58(61)59-41-38-51(45-66(59)73)49-22-6-2-7-23-49/h1-47H. The normalized spacial score (nSPS) is 15.0. The average molecular weight is 982 g/mol. The van der Waals surface area contributed by atoms with Crippen LogP contribution in [0, 0.1) is 0 Å². The molecule has 3 nitrogen and oxygen atoms in total. The zero-order valence-electron chi connectivity index (χ0n) is 41.9. The maximum Gasteiger partial charge on any atom is 0.137 e. The summed E-state index contributed by atoms with van der Waals surface area (Å²) in [4.78, 5) is 2.43. The maximum absolute atomic E-state index is 7.22. The number of hydrogen-bond donors (Lipinski definition) is 0. The molecule has 3 aliphatic rings. The van der Waals surface area contributed by atoms with Gasteiger partial charge in [-0.25, -0.2) is 0 Å². The molecule has 3 heteroatoms. The highest BCUT2D eigenvalue weighted by molar-refractivity contribution is 6.14. The number of benzene rings is 12. The van der Waals surface area contributed by atoms with Gasteiger partial charge in [-0.3, -0.25) is 0 Å². The summed E-state index contributed by atoms with van der Waals surface area (Å²) in [5, 5.41) is 2.08. The van der Waals surface area contributed by atoms with E-state index in [1.807, 2.05) is 0 Å². The van der Waals surface area contributed by atoms with E-state index in [0.717, 1.165) is 72.8 Å². The van der Waals surface area contributed by atoms with Gasteiger partial charge in [-0.1, -0.05) is 224 Å². The molecule has 0 amide bonds. The van der Waals surface area contributed by atoms with Gasteiger partial charge in [0.1, 0.15) is 22.7 Å². The van der Waals surface area contributed by atoms with Gasteiger partial charge in [0, 0.05) is 34.0 Å². The summed E-state index contributed by atoms with van der Waals surface area (Å²) in [6.07, 6.45) is 0. The molecule has 1 aromatic heterocycles. The predicted octanol–water partition coefficient (Wildman–Crippen LogP) is 19.2. The van der Waals surface area contributed by atoms with E-state index in [1.165, 1.54) is 66.8 Å². The number of anilines is 3. The fourth-order valence-electron chi connectivity index (χ4n) is 13.7. The largest absolute Gasteiger partial charge is 0.457 e. The fraction of sp³-hybridized carbons (Fsp3) is 0.0270. The molecule has 0 saturated heterocycles. The summed E-state index contributed by atoms with van der Waals surface area (Å²) >= 11 is 0. The molecule has 2 aliphatic carbocycles. The first-order valence-electron chi connectivity index (χ1n) is 26.6. The third kappa shape index (κ3) is 6.20. The van der Waals surface area contributed by atoms with Crippen molar-refractivity contribution in [2.24, 2.45) is 0 Å². The Hall–Kier alpha value is -9.96. The van der Waals surface area contributed by atoms with E-state index in [2.05, 4.69) is 290 Å². The fourth-order valence-corrected chi connectivity index (χ4v) is 13.7. The monoisotopic (exact) mass is 981 g/mol. The van der Waals surface area contributed by atoms with Crippen molar-refractivity contribution in [2.75, 3.05) is 4.90 Å². The topological polar surface area (TPSA) is 25.6 Å². The van der Waals surface area contributed by atoms with Gasteiger partial charge in [-0.2, -0.15) is 0 Å². The van der Waals surface area contributed by atoms with Crippen LogP contribution in [0.1, 0.15) is 44.5 Å². The highest BCUT2D eigenvalue weighted by atomic mass is 16.5. The summed E-state index contributed by atoms with van der Waals surface area (Å²) in [6, 6.07) is 104. The van der Waals surface area contributed by atoms with Crippen molar-refractivity contribution in [1.29, 1.82) is 0 Å². The van der Waals surface area contributed by atoms with Crippen LogP contribution in [0.25, 0.3) is 66.4 Å². The van der Waals surface area contributed by atoms with Crippen molar-refractivity contribution in [2.45, 2.75) is 10.8 Å². The third-order valence-corrected chi connectivity index (χ3v) is 16.8. The number of nitrogens with zero attached hydrogens (tertiary/aromatic N) is 1. The van der Waals surface area contributed by atoms with Gasteiger partial charge >= 0.3 is 0 Å². The van der Waals surface area contributed by atoms with Gasteiger partial charge in [0.25, 0.3) is 0 Å². The van der Waals surface area contributed by atoms with E-state index >= 15 is 0 Å². The quantitative estimate of drug-likeness (QED) is 0.159. The second-order valence-electron chi connectivity index (χ2n) is 20.6. The van der Waals surface area contributed by atoms with Crippen LogP contribution in [0.15, 0.2) is 290 Å². The van der Waals surface area contributed by atoms with Crippen molar-refractivity contribution in [1.82, 2.24) is 0 Å². The second-order valence-corrected chi connectivity index (χ2v) is 20.6. The van der Waals surface area contributed by atoms with Gasteiger partial charge in [-0.15, -0.1) is 0 Å². The lowest BCUT2D eigenvalue weighted by atomic mass is 9.66. The van der Waals surface area contributed by atoms with E-state index in [1.54, 1.807) is 0 Å². The van der Waals surface area contributed by atoms with Crippen molar-refractivity contribution in [3.05, 3.63) is 330 Å². The van der Waals surface area contributed by atoms with Gasteiger partial charge < -0.3 is 14.1 Å². The van der Waals surface area contributed by atoms with Crippen LogP contribution >= 0.6 is 0 Å². The van der Waals surface area contributed by atoms with Crippen molar-refractivity contribution >= 4 is 39.0 Å². The van der Waals surface area contributed by atoms with Crippen LogP contribution in [0.3, 0.4) is 0 Å². The number of rotatable bonds is 7. The summed E-state index contributed by atoms with van der Waals surface area (Å²) in [5.74, 6) is 1.67. The molecule has 77 heavy (non-hydrogen) atoms. The first kappa shape index (κ1) is 43.4. The molecular weight excluding hydrogens is 935 g/mol. The summed E-state index contributed by atoms with van der Waals surface area (Å²) in [6.45, 7) is 0. The van der Waals surface area contributed by atoms with Gasteiger partial charge in [-0.05, 0) is 132 Å². The first-order valence-corrected chi connectivity index (χ1v) is 26.6. The summed E-state index contributed by atoms with van der Waals surface area (Å²) in [5.41, 5.74) is 22.7. The van der Waals surface area contributed by atoms with Crippen LogP contribution in [-0.4, -0.2) is 0 Å². The molecule has 12 aromatic carbocycles. The Labute approximate surface area is 447 Å². The Morgan fingerprint density at radius 3 is 1.52 bits per heavy atom. The molecule has 0 radical (unpaired) electrons. The smallest absolute Gasteiger partial charge is 0.137 e. The molecule has 1 atom stereocenters. The molecule has 1 spiro atoms. The molecular formula is C74H47NO2. The highest BCUT2D eigenvalue weighted by Gasteiger charge is 2.51. The number of hydrogen-bond acceptors (Lipinski definition) is 3. The van der Waals surface area contributed by atoms with Crippen LogP contribution in [0.2, 0.25) is 0 Å². The molecule has 13 aromatic rings. The number of fused-ring (bicyclic) bond motifs is 15. The van der Waals surface area contributed by atoms with Crippen LogP contribution < -0.4 is 9.64 Å². The summed E-state index contributed by atoms with van der Waals surface area (Å²) < 4.78 is 14.0. The van der Waals surface area contributed by atoms with Crippen LogP contribution in [0.5, 0.6) is 11.5 Å². The SMILES string of the molecule is c1ccc(-c2ccc3c(c2)C(c2ccccc2)(c2cccc(N(c4ccc5c(c4)Oc4ccccc4C54c5ccccc5-c5ccccc54)c4cccc5oc6ccc(-c7ccccc7)cc6c45)c2)c2ccccc2-3)cc1. The Morgan fingerprint density at radius 2 is 0.818 bits per heavy atom. The second kappa shape index (κ2) is 16.8. The number of furan rings is 1. The van der Waals surface area contributed by atoms with Gasteiger partial charge in [0.15, 0.2) is 0 Å². The minimum absolute atomic E-state index is 0.598. The lowest BCUT2D eigenvalue weighted by Gasteiger charge is -2.40. The molecule has 0 fully saturated rings. The Kier molecular flexibility index (Phi) is 9.47. The molecule has 0 N–H and O–H groups in total. The molecule has 1 aliphatic heterocycles. The first-order chi connectivity index (χ1) is 38.2. The molecule has 0 bridgehead atoms. The highest BCUT2D eigenvalue weighted by Crippen LogP contribution is 2.63. The minimum Gasteiger partial charge on any atom is -0.457 e. The summed E-state index contributed by atoms with van der Waals surface area (Å²) in [7, 11) is 0. The Balaban J connectivity index is 0.971. The third-order valence-electron chi connectivity index (χ3n) is 16.8. The van der Waals surface area contributed by atoms with Crippen molar-refractivity contribution < 1.29 is 9.15 Å². The van der Waals surface area contributed by atoms with E-state index in [-0.39, 0.29) is 0 Å². The molecule has 16 rings (SSSR count). The average Bonchev–Trinajstić information content (AvgIpc) is 3.93. The molecule has 2 heterocycles. The van der Waals surface area contributed by atoms with Gasteiger partial charge in [0.2, 0.25) is 0 Å². The Morgan fingerprint density at radius 1 is 0.286 bits per heavy atom. The zero-order chi connectivity index (χ0) is 50.7. The lowest BCUT2D eigenvalue weighted by molar-refractivity contribution is 0.436. The van der Waals surface area contributed by atoms with Gasteiger partial charge in [0.05, 0.1) is 21.9 Å². The van der Waals surface area contributed by atoms with E-state index in [4.69, 9.17) is 9.15 Å². The van der Waals surface area contributed by atoms with Crippen LogP contribution in [0.4, 0.5) is 17.1 Å². The molecule has 0 saturated carbocycles. The van der Waals surface area contributed by atoms with E-state index < -0.39 is 10.8 Å². The number of ether oxygens (including phenoxy) is 1. The Bertz CT molecular complexity index is 4450. The molecule has 1 unspecified atom stereocenters. The van der Waals surface area contributed by atoms with E-state index in [0.29, 0.717) is 0 Å². The van der Waals surface area contributed by atoms with E-state index in [9.17, 15) is 0 Å². The minimum atomic E-state index is -0.670. The maximum atomic E-state index is 7.22. The van der Waals surface area contributed by atoms with Crippen molar-refractivity contribution in [3.63, 3.8) is 0 Å². The molecule has 360 valence electrons. The predicted molar refractivity (Wildman–Crippen MR) is 314 cm³/mol. The number of para-hydroxylation sites is 1. The zero-order valence-corrected chi connectivity index (χ0v) is 41.9. The van der Waals surface area contributed by atoms with Crippen LogP contribution in [-0.2, 0) is 10.8 Å². The lowest BCUT2D eigenvalue weighted by Crippen LogP contribution is -2.32. The van der Waals surface area contributed by atoms with Crippen molar-refractivity contribution in [3.8, 4) is 56.0 Å².